The van der Waals surface area contributed by atoms with E-state index in [9.17, 15) is 4.79 Å². The molecule has 2 rings (SSSR count). The van der Waals surface area contributed by atoms with Crippen LogP contribution in [0, 0.1) is 5.92 Å². The maximum Gasteiger partial charge on any atom is 0.358 e. The second-order valence-electron chi connectivity index (χ2n) is 4.37. The number of carbonyl (C=O) groups is 1. The fourth-order valence-electron chi connectivity index (χ4n) is 1.67. The van der Waals surface area contributed by atoms with Gasteiger partial charge in [0.2, 0.25) is 0 Å². The summed E-state index contributed by atoms with van der Waals surface area (Å²) in [5.74, 6) is -0.687. The van der Waals surface area contributed by atoms with E-state index in [1.54, 1.807) is 10.9 Å². The van der Waals surface area contributed by atoms with E-state index in [-0.39, 0.29) is 5.69 Å². The van der Waals surface area contributed by atoms with E-state index in [0.29, 0.717) is 24.6 Å². The Morgan fingerprint density at radius 3 is 2.89 bits per heavy atom. The molecule has 2 aromatic rings. The van der Waals surface area contributed by atoms with Crippen molar-refractivity contribution in [2.24, 2.45) is 5.92 Å². The first-order chi connectivity index (χ1) is 8.58. The molecule has 0 bridgehead atoms. The van der Waals surface area contributed by atoms with Crippen LogP contribution in [0.25, 0.3) is 0 Å². The third-order valence-electron chi connectivity index (χ3n) is 2.41. The van der Waals surface area contributed by atoms with Crippen LogP contribution < -0.4 is 0 Å². The van der Waals surface area contributed by atoms with Crippen LogP contribution >= 0.6 is 11.3 Å². The van der Waals surface area contributed by atoms with Crippen LogP contribution in [0.1, 0.15) is 35.0 Å². The van der Waals surface area contributed by atoms with E-state index in [1.807, 2.05) is 19.2 Å². The first-order valence-corrected chi connectivity index (χ1v) is 6.50. The van der Waals surface area contributed by atoms with E-state index in [4.69, 9.17) is 5.11 Å². The van der Waals surface area contributed by atoms with Gasteiger partial charge in [-0.2, -0.15) is 0 Å². The van der Waals surface area contributed by atoms with Gasteiger partial charge < -0.3 is 5.11 Å². The molecule has 0 unspecified atom stereocenters. The van der Waals surface area contributed by atoms with Crippen LogP contribution in [0.5, 0.6) is 0 Å². The number of thiazole rings is 1. The van der Waals surface area contributed by atoms with Crippen molar-refractivity contribution in [2.75, 3.05) is 0 Å². The van der Waals surface area contributed by atoms with Crippen molar-refractivity contribution >= 4 is 17.3 Å². The van der Waals surface area contributed by atoms with Crippen LogP contribution in [0.4, 0.5) is 0 Å². The normalized spacial score (nSPS) is 11.1. The zero-order valence-electron chi connectivity index (χ0n) is 10.2. The second-order valence-corrected chi connectivity index (χ2v) is 5.35. The lowest BCUT2D eigenvalue weighted by Gasteiger charge is -2.07. The Morgan fingerprint density at radius 1 is 1.56 bits per heavy atom. The summed E-state index contributed by atoms with van der Waals surface area (Å²) >= 11 is 1.52. The van der Waals surface area contributed by atoms with Crippen molar-refractivity contribution in [1.82, 2.24) is 20.0 Å². The number of rotatable bonds is 5. The summed E-state index contributed by atoms with van der Waals surface area (Å²) in [5, 5.41) is 19.5. The monoisotopic (exact) mass is 266 g/mol. The van der Waals surface area contributed by atoms with Crippen LogP contribution in [0.15, 0.2) is 11.6 Å². The number of nitrogens with zero attached hydrogens (tertiary/aromatic N) is 4. The molecule has 7 heteroatoms. The largest absolute Gasteiger partial charge is 0.476 e. The number of aromatic carboxylic acids is 1. The predicted octanol–water partition coefficient (Wildman–Crippen LogP) is 1.68. The summed E-state index contributed by atoms with van der Waals surface area (Å²) in [6, 6.07) is 0. The summed E-state index contributed by atoms with van der Waals surface area (Å²) < 4.78 is 1.63. The third kappa shape index (κ3) is 2.73. The Hall–Kier alpha value is -1.76. The second kappa shape index (κ2) is 5.26. The molecule has 6 nitrogen and oxygen atoms in total. The molecule has 0 aromatic carbocycles. The van der Waals surface area contributed by atoms with Gasteiger partial charge in [0.1, 0.15) is 5.01 Å². The first kappa shape index (κ1) is 12.7. The highest BCUT2D eigenvalue weighted by atomic mass is 32.1. The molecular weight excluding hydrogens is 252 g/mol. The van der Waals surface area contributed by atoms with E-state index in [1.165, 1.54) is 11.3 Å². The molecule has 96 valence electrons. The van der Waals surface area contributed by atoms with Gasteiger partial charge in [0, 0.05) is 11.6 Å². The number of hydrogen-bond donors (Lipinski definition) is 1. The van der Waals surface area contributed by atoms with Crippen LogP contribution in [0.2, 0.25) is 0 Å². The van der Waals surface area contributed by atoms with E-state index in [0.717, 1.165) is 5.01 Å². The number of aromatic nitrogens is 4. The molecule has 0 amide bonds. The maximum absolute atomic E-state index is 11.1. The van der Waals surface area contributed by atoms with Crippen LogP contribution in [-0.4, -0.2) is 31.1 Å². The van der Waals surface area contributed by atoms with Crippen molar-refractivity contribution in [2.45, 2.75) is 26.8 Å². The topological polar surface area (TPSA) is 80.9 Å². The highest BCUT2D eigenvalue weighted by molar-refractivity contribution is 7.09. The number of hydrogen-bond acceptors (Lipinski definition) is 5. The molecule has 0 saturated heterocycles. The van der Waals surface area contributed by atoms with Crippen molar-refractivity contribution < 1.29 is 9.90 Å². The predicted molar refractivity (Wildman–Crippen MR) is 66.7 cm³/mol. The first-order valence-electron chi connectivity index (χ1n) is 5.62. The molecule has 0 spiro atoms. The smallest absolute Gasteiger partial charge is 0.358 e. The Kier molecular flexibility index (Phi) is 3.71. The van der Waals surface area contributed by atoms with Gasteiger partial charge in [-0.1, -0.05) is 19.1 Å². The molecule has 18 heavy (non-hydrogen) atoms. The van der Waals surface area contributed by atoms with E-state index in [2.05, 4.69) is 15.3 Å². The van der Waals surface area contributed by atoms with E-state index >= 15 is 0 Å². The molecule has 0 atom stereocenters. The molecule has 1 N–H and O–H groups in total. The summed E-state index contributed by atoms with van der Waals surface area (Å²) in [7, 11) is 0. The Morgan fingerprint density at radius 2 is 2.33 bits per heavy atom. The fourth-order valence-corrected chi connectivity index (χ4v) is 2.27. The molecule has 0 fully saturated rings. The average molecular weight is 266 g/mol. The molecule has 0 radical (unpaired) electrons. The number of carboxylic acid groups (broad SMARTS) is 1. The molecule has 2 heterocycles. The van der Waals surface area contributed by atoms with Gasteiger partial charge in [0.25, 0.3) is 0 Å². The van der Waals surface area contributed by atoms with Crippen molar-refractivity contribution in [3.63, 3.8) is 0 Å². The van der Waals surface area contributed by atoms with Crippen LogP contribution in [-0.2, 0) is 13.0 Å². The van der Waals surface area contributed by atoms with Crippen LogP contribution in [0.3, 0.4) is 0 Å². The van der Waals surface area contributed by atoms with Crippen molar-refractivity contribution in [1.29, 1.82) is 0 Å². The minimum Gasteiger partial charge on any atom is -0.476 e. The van der Waals surface area contributed by atoms with Gasteiger partial charge in [0.15, 0.2) is 5.69 Å². The highest BCUT2D eigenvalue weighted by Gasteiger charge is 2.20. The SMILES string of the molecule is CC(C)Cc1c(C(=O)O)nnn1Cc1nccs1. The van der Waals surface area contributed by atoms with Gasteiger partial charge in [-0.25, -0.2) is 14.5 Å². The molecule has 0 aliphatic heterocycles. The standard InChI is InChI=1S/C11H14N4O2S/c1-7(2)5-8-10(11(16)17)13-14-15(8)6-9-12-3-4-18-9/h3-4,7H,5-6H2,1-2H3,(H,16,17). The third-order valence-corrected chi connectivity index (χ3v) is 3.17. The Bertz CT molecular complexity index is 533. The van der Waals surface area contributed by atoms with Crippen molar-refractivity contribution in [3.8, 4) is 0 Å². The summed E-state index contributed by atoms with van der Waals surface area (Å²) in [6.45, 7) is 4.54. The molecule has 2 aromatic heterocycles. The molecule has 0 saturated carbocycles. The zero-order chi connectivity index (χ0) is 13.1. The molecule has 0 aliphatic carbocycles. The van der Waals surface area contributed by atoms with Gasteiger partial charge in [-0.05, 0) is 12.3 Å². The lowest BCUT2D eigenvalue weighted by Crippen LogP contribution is -2.11. The summed E-state index contributed by atoms with van der Waals surface area (Å²) in [6.07, 6.45) is 2.36. The van der Waals surface area contributed by atoms with E-state index < -0.39 is 5.97 Å². The highest BCUT2D eigenvalue weighted by Crippen LogP contribution is 2.14. The quantitative estimate of drug-likeness (QED) is 0.890. The van der Waals surface area contributed by atoms with Gasteiger partial charge >= 0.3 is 5.97 Å². The molecular formula is C11H14N4O2S. The minimum atomic E-state index is -1.03. The lowest BCUT2D eigenvalue weighted by molar-refractivity contribution is 0.0689. The Balaban J connectivity index is 2.31. The zero-order valence-corrected chi connectivity index (χ0v) is 11.0. The summed E-state index contributed by atoms with van der Waals surface area (Å²) in [5.41, 5.74) is 0.702. The fraction of sp³-hybridized carbons (Fsp3) is 0.455. The Labute approximate surface area is 108 Å². The average Bonchev–Trinajstić information content (AvgIpc) is 2.89. The van der Waals surface area contributed by atoms with Gasteiger partial charge in [0.05, 0.1) is 12.2 Å². The lowest BCUT2D eigenvalue weighted by atomic mass is 10.1. The van der Waals surface area contributed by atoms with Gasteiger partial charge in [-0.15, -0.1) is 16.4 Å². The summed E-state index contributed by atoms with van der Waals surface area (Å²) in [4.78, 5) is 15.3. The van der Waals surface area contributed by atoms with Crippen molar-refractivity contribution in [3.05, 3.63) is 28.0 Å². The number of carboxylic acids is 1. The minimum absolute atomic E-state index is 0.0419. The van der Waals surface area contributed by atoms with Gasteiger partial charge in [-0.3, -0.25) is 0 Å². The molecule has 0 aliphatic rings. The maximum atomic E-state index is 11.1.